The van der Waals surface area contributed by atoms with Crippen LogP contribution in [0.1, 0.15) is 24.1 Å². The molecule has 16 heavy (non-hydrogen) atoms. The molecule has 0 aliphatic heterocycles. The number of ether oxygens (including phenoxy) is 1. The number of hydrogen-bond acceptors (Lipinski definition) is 3. The second-order valence-corrected chi connectivity index (χ2v) is 3.97. The van der Waals surface area contributed by atoms with E-state index in [1.54, 1.807) is 0 Å². The summed E-state index contributed by atoms with van der Waals surface area (Å²) in [4.78, 5) is 10.9. The molecular formula is C11H17N3O2. The Kier molecular flexibility index (Phi) is 3.44. The number of hydrogen-bond donors (Lipinski definition) is 1. The van der Waals surface area contributed by atoms with Gasteiger partial charge < -0.3 is 10.1 Å². The first kappa shape index (κ1) is 11.0. The topological polar surface area (TPSA) is 56.1 Å². The number of nitrogens with zero attached hydrogens (tertiary/aromatic N) is 2. The zero-order valence-electron chi connectivity index (χ0n) is 9.53. The monoisotopic (exact) mass is 223 g/mol. The maximum Gasteiger partial charge on any atom is 0.406 e. The molecule has 0 spiro atoms. The molecule has 1 aromatic rings. The molecule has 88 valence electrons. The largest absolute Gasteiger partial charge is 0.453 e. The summed E-state index contributed by atoms with van der Waals surface area (Å²) in [5.74, 6) is 0. The smallest absolute Gasteiger partial charge is 0.406 e. The van der Waals surface area contributed by atoms with Crippen LogP contribution in [0, 0.1) is 0 Å². The Morgan fingerprint density at radius 1 is 1.56 bits per heavy atom. The van der Waals surface area contributed by atoms with Crippen LogP contribution in [0.15, 0.2) is 6.20 Å². The average Bonchev–Trinajstić information content (AvgIpc) is 2.73. The Hall–Kier alpha value is -1.52. The summed E-state index contributed by atoms with van der Waals surface area (Å²) in [6.07, 6.45) is 6.31. The van der Waals surface area contributed by atoms with Crippen LogP contribution in [0.2, 0.25) is 0 Å². The van der Waals surface area contributed by atoms with Gasteiger partial charge in [0, 0.05) is 12.2 Å². The molecule has 0 fully saturated rings. The van der Waals surface area contributed by atoms with Crippen molar-refractivity contribution in [1.82, 2.24) is 15.1 Å². The van der Waals surface area contributed by atoms with Gasteiger partial charge >= 0.3 is 6.09 Å². The fourth-order valence-corrected chi connectivity index (χ4v) is 2.08. The summed E-state index contributed by atoms with van der Waals surface area (Å²) >= 11 is 0. The van der Waals surface area contributed by atoms with Crippen LogP contribution in [0.5, 0.6) is 0 Å². The van der Waals surface area contributed by atoms with Gasteiger partial charge in [-0.2, -0.15) is 5.10 Å². The van der Waals surface area contributed by atoms with E-state index in [2.05, 4.69) is 15.2 Å². The van der Waals surface area contributed by atoms with Gasteiger partial charge in [-0.15, -0.1) is 0 Å². The highest BCUT2D eigenvalue weighted by molar-refractivity contribution is 5.66. The van der Waals surface area contributed by atoms with E-state index in [1.165, 1.54) is 31.2 Å². The summed E-state index contributed by atoms with van der Waals surface area (Å²) in [6, 6.07) is 0. The van der Waals surface area contributed by atoms with E-state index in [0.717, 1.165) is 12.8 Å². The zero-order chi connectivity index (χ0) is 11.4. The van der Waals surface area contributed by atoms with Gasteiger partial charge in [0.05, 0.1) is 19.9 Å². The molecule has 0 bridgehead atoms. The first-order valence-corrected chi connectivity index (χ1v) is 5.66. The maximum absolute atomic E-state index is 10.9. The van der Waals surface area contributed by atoms with Crippen molar-refractivity contribution >= 4 is 6.09 Å². The van der Waals surface area contributed by atoms with Gasteiger partial charge in [0.25, 0.3) is 0 Å². The molecule has 0 unspecified atom stereocenters. The standard InChI is InChI=1S/C11H17N3O2/c1-16-11(15)12-6-7-14-10-5-3-2-4-9(10)8-13-14/h8H,2-7H2,1H3,(H,12,15). The Labute approximate surface area is 94.8 Å². The Balaban J connectivity index is 1.89. The molecule has 0 saturated heterocycles. The lowest BCUT2D eigenvalue weighted by molar-refractivity contribution is 0.170. The van der Waals surface area contributed by atoms with E-state index in [9.17, 15) is 4.79 Å². The van der Waals surface area contributed by atoms with Crippen LogP contribution in [0.3, 0.4) is 0 Å². The van der Waals surface area contributed by atoms with E-state index in [4.69, 9.17) is 0 Å². The molecule has 1 heterocycles. The lowest BCUT2D eigenvalue weighted by atomic mass is 9.98. The van der Waals surface area contributed by atoms with Gasteiger partial charge in [-0.3, -0.25) is 4.68 Å². The van der Waals surface area contributed by atoms with Crippen LogP contribution in [0.4, 0.5) is 4.79 Å². The van der Waals surface area contributed by atoms with Gasteiger partial charge in [0.2, 0.25) is 0 Å². The summed E-state index contributed by atoms with van der Waals surface area (Å²) in [7, 11) is 1.37. The number of fused-ring (bicyclic) bond motifs is 1. The molecule has 0 saturated carbocycles. The van der Waals surface area contributed by atoms with E-state index in [0.29, 0.717) is 13.1 Å². The fourth-order valence-electron chi connectivity index (χ4n) is 2.08. The van der Waals surface area contributed by atoms with Crippen LogP contribution in [0.25, 0.3) is 0 Å². The SMILES string of the molecule is COC(=O)NCCn1ncc2c1CCCC2. The summed E-state index contributed by atoms with van der Waals surface area (Å²) in [5.41, 5.74) is 2.70. The molecule has 0 radical (unpaired) electrons. The number of amides is 1. The predicted molar refractivity (Wildman–Crippen MR) is 59.3 cm³/mol. The van der Waals surface area contributed by atoms with Gasteiger partial charge in [-0.1, -0.05) is 0 Å². The molecule has 2 rings (SSSR count). The summed E-state index contributed by atoms with van der Waals surface area (Å²) in [5, 5.41) is 7.00. The number of aromatic nitrogens is 2. The molecule has 0 atom stereocenters. The average molecular weight is 223 g/mol. The minimum absolute atomic E-state index is 0.388. The third kappa shape index (κ3) is 2.35. The van der Waals surface area contributed by atoms with Crippen molar-refractivity contribution < 1.29 is 9.53 Å². The number of carbonyl (C=O) groups excluding carboxylic acids is 1. The highest BCUT2D eigenvalue weighted by Gasteiger charge is 2.14. The van der Waals surface area contributed by atoms with Crippen LogP contribution >= 0.6 is 0 Å². The van der Waals surface area contributed by atoms with Crippen molar-refractivity contribution in [2.45, 2.75) is 32.2 Å². The van der Waals surface area contributed by atoms with Gasteiger partial charge in [0.1, 0.15) is 0 Å². The molecule has 1 N–H and O–H groups in total. The van der Waals surface area contributed by atoms with E-state index >= 15 is 0 Å². The predicted octanol–water partition coefficient (Wildman–Crippen LogP) is 1.12. The first-order valence-electron chi connectivity index (χ1n) is 5.66. The van der Waals surface area contributed by atoms with E-state index < -0.39 is 0 Å². The molecule has 5 nitrogen and oxygen atoms in total. The fraction of sp³-hybridized carbons (Fsp3) is 0.636. The Morgan fingerprint density at radius 3 is 3.19 bits per heavy atom. The van der Waals surface area contributed by atoms with Crippen molar-refractivity contribution in [2.24, 2.45) is 0 Å². The second kappa shape index (κ2) is 5.01. The molecule has 0 aromatic carbocycles. The molecular weight excluding hydrogens is 206 g/mol. The zero-order valence-corrected chi connectivity index (χ0v) is 9.53. The molecule has 1 aromatic heterocycles. The number of nitrogens with one attached hydrogen (secondary N) is 1. The summed E-state index contributed by atoms with van der Waals surface area (Å²) < 4.78 is 6.49. The van der Waals surface area contributed by atoms with Crippen molar-refractivity contribution in [2.75, 3.05) is 13.7 Å². The van der Waals surface area contributed by atoms with Gasteiger partial charge in [-0.25, -0.2) is 4.79 Å². The van der Waals surface area contributed by atoms with E-state index in [-0.39, 0.29) is 6.09 Å². The Bertz CT molecular complexity index is 373. The van der Waals surface area contributed by atoms with Gasteiger partial charge in [-0.05, 0) is 31.2 Å². The Morgan fingerprint density at radius 2 is 2.38 bits per heavy atom. The van der Waals surface area contributed by atoms with Crippen molar-refractivity contribution in [3.05, 3.63) is 17.5 Å². The van der Waals surface area contributed by atoms with E-state index in [1.807, 2.05) is 10.9 Å². The first-order chi connectivity index (χ1) is 7.81. The third-order valence-electron chi connectivity index (χ3n) is 2.92. The van der Waals surface area contributed by atoms with Gasteiger partial charge in [0.15, 0.2) is 0 Å². The normalized spacial score (nSPS) is 14.3. The highest BCUT2D eigenvalue weighted by atomic mass is 16.5. The number of carbonyl (C=O) groups is 1. The van der Waals surface area contributed by atoms with Crippen LogP contribution in [-0.2, 0) is 24.1 Å². The number of alkyl carbamates (subject to hydrolysis) is 1. The van der Waals surface area contributed by atoms with Crippen molar-refractivity contribution in [1.29, 1.82) is 0 Å². The summed E-state index contributed by atoms with van der Waals surface area (Å²) in [6.45, 7) is 1.27. The minimum Gasteiger partial charge on any atom is -0.453 e. The lowest BCUT2D eigenvalue weighted by Crippen LogP contribution is -2.27. The number of rotatable bonds is 3. The highest BCUT2D eigenvalue weighted by Crippen LogP contribution is 2.20. The number of aryl methyl sites for hydroxylation is 1. The number of methoxy groups -OCH3 is 1. The molecule has 1 aliphatic rings. The van der Waals surface area contributed by atoms with Crippen molar-refractivity contribution in [3.8, 4) is 0 Å². The minimum atomic E-state index is -0.388. The van der Waals surface area contributed by atoms with Crippen LogP contribution in [-0.4, -0.2) is 29.5 Å². The third-order valence-corrected chi connectivity index (χ3v) is 2.92. The quantitative estimate of drug-likeness (QED) is 0.835. The molecule has 1 aliphatic carbocycles. The lowest BCUT2D eigenvalue weighted by Gasteiger charge is -2.13. The van der Waals surface area contributed by atoms with Crippen LogP contribution < -0.4 is 5.32 Å². The van der Waals surface area contributed by atoms with Crippen molar-refractivity contribution in [3.63, 3.8) is 0 Å². The molecule has 5 heteroatoms. The second-order valence-electron chi connectivity index (χ2n) is 3.97. The molecule has 1 amide bonds. The maximum atomic E-state index is 10.9.